The molecule has 0 spiro atoms. The highest BCUT2D eigenvalue weighted by Gasteiger charge is 2.28. The molecule has 0 aliphatic carbocycles. The molecule has 1 heterocycles. The Bertz CT molecular complexity index is 432. The normalized spacial score (nSPS) is 24.4. The molecule has 0 unspecified atom stereocenters. The van der Waals surface area contributed by atoms with Crippen molar-refractivity contribution in [2.75, 3.05) is 6.54 Å². The van der Waals surface area contributed by atoms with Gasteiger partial charge in [0.2, 0.25) is 5.91 Å². The van der Waals surface area contributed by atoms with E-state index in [0.29, 0.717) is 12.3 Å². The van der Waals surface area contributed by atoms with Gasteiger partial charge in [-0.25, -0.2) is 0 Å². The predicted octanol–water partition coefficient (Wildman–Crippen LogP) is 2.91. The number of carbonyl (C=O) groups excluding carboxylic acids is 1. The molecule has 0 radical (unpaired) electrons. The Hall–Kier alpha value is -1.35. The third-order valence-electron chi connectivity index (χ3n) is 4.42. The summed E-state index contributed by atoms with van der Waals surface area (Å²) in [5.41, 5.74) is 7.24. The van der Waals surface area contributed by atoms with Crippen LogP contribution in [0.2, 0.25) is 0 Å². The van der Waals surface area contributed by atoms with Crippen LogP contribution in [0.25, 0.3) is 0 Å². The summed E-state index contributed by atoms with van der Waals surface area (Å²) in [7, 11) is 0. The van der Waals surface area contributed by atoms with Crippen LogP contribution in [0.15, 0.2) is 30.3 Å². The van der Waals surface area contributed by atoms with Gasteiger partial charge in [0.25, 0.3) is 0 Å². The van der Waals surface area contributed by atoms with Crippen molar-refractivity contribution < 1.29 is 4.79 Å². The lowest BCUT2D eigenvalue weighted by Gasteiger charge is -2.37. The van der Waals surface area contributed by atoms with E-state index in [4.69, 9.17) is 5.73 Å². The van der Waals surface area contributed by atoms with E-state index in [1.54, 1.807) is 0 Å². The van der Waals surface area contributed by atoms with Gasteiger partial charge in [-0.05, 0) is 37.7 Å². The van der Waals surface area contributed by atoms with Gasteiger partial charge in [-0.2, -0.15) is 0 Å². The zero-order chi connectivity index (χ0) is 14.5. The van der Waals surface area contributed by atoms with E-state index in [9.17, 15) is 4.79 Å². The number of carbonyl (C=O) groups is 1. The van der Waals surface area contributed by atoms with Crippen LogP contribution in [0.4, 0.5) is 0 Å². The molecule has 20 heavy (non-hydrogen) atoms. The second kappa shape index (κ2) is 6.89. The van der Waals surface area contributed by atoms with E-state index >= 15 is 0 Å². The lowest BCUT2D eigenvalue weighted by Crippen LogP contribution is -2.48. The third kappa shape index (κ3) is 3.60. The number of piperidine rings is 1. The van der Waals surface area contributed by atoms with Gasteiger partial charge in [0.15, 0.2) is 0 Å². The van der Waals surface area contributed by atoms with Crippen molar-refractivity contribution in [3.63, 3.8) is 0 Å². The number of hydrogen-bond acceptors (Lipinski definition) is 2. The summed E-state index contributed by atoms with van der Waals surface area (Å²) in [6.45, 7) is 5.08. The van der Waals surface area contributed by atoms with Crippen molar-refractivity contribution in [1.82, 2.24) is 4.90 Å². The zero-order valence-corrected chi connectivity index (χ0v) is 12.6. The summed E-state index contributed by atoms with van der Waals surface area (Å²) >= 11 is 0. The first-order valence-electron chi connectivity index (χ1n) is 7.71. The minimum absolute atomic E-state index is 0.255. The van der Waals surface area contributed by atoms with Crippen LogP contribution in [0, 0.1) is 0 Å². The summed E-state index contributed by atoms with van der Waals surface area (Å²) in [5, 5.41) is 0. The molecule has 2 rings (SSSR count). The second-order valence-electron chi connectivity index (χ2n) is 5.94. The molecule has 1 aliphatic rings. The van der Waals surface area contributed by atoms with Gasteiger partial charge in [0.05, 0.1) is 0 Å². The molecule has 1 amide bonds. The average molecular weight is 274 g/mol. The van der Waals surface area contributed by atoms with Crippen LogP contribution in [-0.2, 0) is 4.79 Å². The van der Waals surface area contributed by atoms with E-state index in [1.165, 1.54) is 5.56 Å². The van der Waals surface area contributed by atoms with Gasteiger partial charge in [-0.3, -0.25) is 4.79 Å². The summed E-state index contributed by atoms with van der Waals surface area (Å²) < 4.78 is 0. The number of benzene rings is 1. The summed E-state index contributed by atoms with van der Waals surface area (Å²) in [4.78, 5) is 14.6. The molecule has 3 nitrogen and oxygen atoms in total. The fraction of sp³-hybridized carbons (Fsp3) is 0.588. The van der Waals surface area contributed by atoms with Gasteiger partial charge in [-0.15, -0.1) is 0 Å². The fourth-order valence-corrected chi connectivity index (χ4v) is 3.13. The Kier molecular flexibility index (Phi) is 5.18. The van der Waals surface area contributed by atoms with Crippen molar-refractivity contribution in [3.05, 3.63) is 35.9 Å². The molecule has 1 fully saturated rings. The first kappa shape index (κ1) is 15.0. The van der Waals surface area contributed by atoms with Gasteiger partial charge < -0.3 is 10.6 Å². The van der Waals surface area contributed by atoms with Crippen molar-refractivity contribution >= 4 is 5.91 Å². The maximum atomic E-state index is 12.5. The third-order valence-corrected chi connectivity index (χ3v) is 4.42. The van der Waals surface area contributed by atoms with Crippen LogP contribution in [0.5, 0.6) is 0 Å². The first-order chi connectivity index (χ1) is 9.61. The Balaban J connectivity index is 1.99. The number of nitrogens with zero attached hydrogens (tertiary/aromatic N) is 1. The summed E-state index contributed by atoms with van der Waals surface area (Å²) in [6.07, 6.45) is 3.46. The van der Waals surface area contributed by atoms with E-state index in [0.717, 1.165) is 25.8 Å². The molecule has 3 atom stereocenters. The monoisotopic (exact) mass is 274 g/mol. The highest BCUT2D eigenvalue weighted by molar-refractivity contribution is 5.77. The number of rotatable bonds is 4. The molecule has 1 aromatic rings. The molecule has 0 bridgehead atoms. The predicted molar refractivity (Wildman–Crippen MR) is 82.5 cm³/mol. The van der Waals surface area contributed by atoms with E-state index in [2.05, 4.69) is 26.0 Å². The van der Waals surface area contributed by atoms with E-state index in [-0.39, 0.29) is 18.0 Å². The number of likely N-dealkylation sites (tertiary alicyclic amines) is 1. The second-order valence-corrected chi connectivity index (χ2v) is 5.94. The Labute approximate surface area is 122 Å². The Morgan fingerprint density at radius 3 is 2.70 bits per heavy atom. The smallest absolute Gasteiger partial charge is 0.223 e. The number of amides is 1. The fourth-order valence-electron chi connectivity index (χ4n) is 3.13. The van der Waals surface area contributed by atoms with Gasteiger partial charge in [-0.1, -0.05) is 37.3 Å². The zero-order valence-electron chi connectivity index (χ0n) is 12.6. The SMILES string of the molecule is CC[C@H](CC(=O)N1CC[C@@H](N)C[C@H]1C)c1ccccc1. The Morgan fingerprint density at radius 2 is 2.10 bits per heavy atom. The minimum Gasteiger partial charge on any atom is -0.340 e. The van der Waals surface area contributed by atoms with Gasteiger partial charge in [0.1, 0.15) is 0 Å². The molecule has 1 aromatic carbocycles. The maximum absolute atomic E-state index is 12.5. The van der Waals surface area contributed by atoms with Gasteiger partial charge in [0, 0.05) is 25.0 Å². The standard InChI is InChI=1S/C17H26N2O/c1-3-14(15-7-5-4-6-8-15)12-17(20)19-10-9-16(18)11-13(19)2/h4-8,13-14,16H,3,9-12,18H2,1-2H3/t13-,14-,16-/m1/s1. The van der Waals surface area contributed by atoms with Crippen molar-refractivity contribution in [2.24, 2.45) is 5.73 Å². The lowest BCUT2D eigenvalue weighted by atomic mass is 9.91. The van der Waals surface area contributed by atoms with Crippen molar-refractivity contribution in [2.45, 2.75) is 57.5 Å². The quantitative estimate of drug-likeness (QED) is 0.917. The largest absolute Gasteiger partial charge is 0.340 e. The number of nitrogens with two attached hydrogens (primary N) is 1. The van der Waals surface area contributed by atoms with Crippen LogP contribution in [0.1, 0.15) is 51.0 Å². The van der Waals surface area contributed by atoms with Crippen LogP contribution in [0.3, 0.4) is 0 Å². The van der Waals surface area contributed by atoms with E-state index < -0.39 is 0 Å². The molecule has 0 saturated carbocycles. The lowest BCUT2D eigenvalue weighted by molar-refractivity contribution is -0.135. The summed E-state index contributed by atoms with van der Waals surface area (Å²) in [6, 6.07) is 10.9. The Morgan fingerprint density at radius 1 is 1.40 bits per heavy atom. The van der Waals surface area contributed by atoms with Crippen molar-refractivity contribution in [3.8, 4) is 0 Å². The average Bonchev–Trinajstić information content (AvgIpc) is 2.45. The van der Waals surface area contributed by atoms with E-state index in [1.807, 2.05) is 23.1 Å². The molecule has 1 aliphatic heterocycles. The molecule has 2 N–H and O–H groups in total. The molecule has 110 valence electrons. The molecular weight excluding hydrogens is 248 g/mol. The topological polar surface area (TPSA) is 46.3 Å². The molecule has 3 heteroatoms. The summed E-state index contributed by atoms with van der Waals surface area (Å²) in [5.74, 6) is 0.603. The maximum Gasteiger partial charge on any atom is 0.223 e. The first-order valence-corrected chi connectivity index (χ1v) is 7.71. The van der Waals surface area contributed by atoms with Crippen LogP contribution < -0.4 is 5.73 Å². The number of hydrogen-bond donors (Lipinski definition) is 1. The van der Waals surface area contributed by atoms with Gasteiger partial charge >= 0.3 is 0 Å². The van der Waals surface area contributed by atoms with Crippen LogP contribution >= 0.6 is 0 Å². The molecular formula is C17H26N2O. The highest BCUT2D eigenvalue weighted by atomic mass is 16.2. The molecule has 0 aromatic heterocycles. The highest BCUT2D eigenvalue weighted by Crippen LogP contribution is 2.26. The minimum atomic E-state index is 0.255. The van der Waals surface area contributed by atoms with Crippen molar-refractivity contribution in [1.29, 1.82) is 0 Å². The molecule has 1 saturated heterocycles. The van der Waals surface area contributed by atoms with Crippen LogP contribution in [-0.4, -0.2) is 29.4 Å².